The fourth-order valence-electron chi connectivity index (χ4n) is 3.05. The molecule has 23 heavy (non-hydrogen) atoms. The van der Waals surface area contributed by atoms with E-state index >= 15 is 0 Å². The molecule has 128 valence electrons. The van der Waals surface area contributed by atoms with Crippen LogP contribution in [0.15, 0.2) is 26.5 Å². The Bertz CT molecular complexity index is 589. The highest BCUT2D eigenvalue weighted by atomic mass is 79.9. The Balaban J connectivity index is 1.59. The standard InChI is InChI=1S/C20H28Br2S/c1-2-3-4-5-6-7-8-9-10-11-12-16-13-14-17-18(15-16)23-20(22)19(17)21/h13-15H,2-12H2,1H3. The summed E-state index contributed by atoms with van der Waals surface area (Å²) in [6.45, 7) is 2.29. The molecule has 0 atom stereocenters. The van der Waals surface area contributed by atoms with Gasteiger partial charge in [0.15, 0.2) is 0 Å². The summed E-state index contributed by atoms with van der Waals surface area (Å²) in [7, 11) is 0. The summed E-state index contributed by atoms with van der Waals surface area (Å²) < 4.78 is 3.78. The molecule has 1 heterocycles. The quantitative estimate of drug-likeness (QED) is 0.294. The second-order valence-corrected chi connectivity index (χ2v) is 9.62. The molecule has 0 saturated heterocycles. The second kappa shape index (κ2) is 10.9. The van der Waals surface area contributed by atoms with Gasteiger partial charge in [-0.25, -0.2) is 0 Å². The maximum atomic E-state index is 3.65. The molecule has 0 bridgehead atoms. The Morgan fingerprint density at radius 1 is 0.826 bits per heavy atom. The van der Waals surface area contributed by atoms with Gasteiger partial charge in [-0.15, -0.1) is 11.3 Å². The van der Waals surface area contributed by atoms with E-state index in [0.29, 0.717) is 0 Å². The van der Waals surface area contributed by atoms with Crippen LogP contribution in [-0.2, 0) is 6.42 Å². The third kappa shape index (κ3) is 6.51. The number of fused-ring (bicyclic) bond motifs is 1. The lowest BCUT2D eigenvalue weighted by molar-refractivity contribution is 0.556. The van der Waals surface area contributed by atoms with Gasteiger partial charge in [0.05, 0.1) is 8.26 Å². The largest absolute Gasteiger partial charge is 0.127 e. The van der Waals surface area contributed by atoms with E-state index in [0.717, 1.165) is 0 Å². The number of benzene rings is 1. The summed E-state index contributed by atoms with van der Waals surface area (Å²) in [6.07, 6.45) is 15.3. The normalized spacial score (nSPS) is 11.4. The first-order chi connectivity index (χ1) is 11.2. The Kier molecular flexibility index (Phi) is 9.22. The Hall–Kier alpha value is 0.140. The van der Waals surface area contributed by atoms with Crippen molar-refractivity contribution < 1.29 is 0 Å². The third-order valence-electron chi connectivity index (χ3n) is 4.47. The molecule has 0 aliphatic heterocycles. The minimum atomic E-state index is 1.20. The molecule has 0 aliphatic rings. The molecule has 2 aromatic rings. The van der Waals surface area contributed by atoms with E-state index in [1.54, 1.807) is 0 Å². The van der Waals surface area contributed by atoms with Crippen molar-refractivity contribution in [2.45, 2.75) is 77.6 Å². The Labute approximate surface area is 162 Å². The predicted octanol–water partition coefficient (Wildman–Crippen LogP) is 8.89. The number of rotatable bonds is 11. The monoisotopic (exact) mass is 458 g/mol. The van der Waals surface area contributed by atoms with E-state index in [-0.39, 0.29) is 0 Å². The van der Waals surface area contributed by atoms with Gasteiger partial charge < -0.3 is 0 Å². The fourth-order valence-corrected chi connectivity index (χ4v) is 5.39. The Morgan fingerprint density at radius 2 is 1.43 bits per heavy atom. The number of aryl methyl sites for hydroxylation is 1. The van der Waals surface area contributed by atoms with Gasteiger partial charge in [0.1, 0.15) is 0 Å². The smallest absolute Gasteiger partial charge is 0.0853 e. The van der Waals surface area contributed by atoms with Gasteiger partial charge in [-0.3, -0.25) is 0 Å². The first-order valence-electron chi connectivity index (χ1n) is 9.08. The van der Waals surface area contributed by atoms with Crippen molar-refractivity contribution in [2.24, 2.45) is 0 Å². The maximum Gasteiger partial charge on any atom is 0.0853 e. The highest BCUT2D eigenvalue weighted by Crippen LogP contribution is 2.39. The molecule has 0 saturated carbocycles. The van der Waals surface area contributed by atoms with Crippen molar-refractivity contribution in [3.05, 3.63) is 32.0 Å². The molecule has 0 nitrogen and oxygen atoms in total. The average Bonchev–Trinajstić information content (AvgIpc) is 2.83. The van der Waals surface area contributed by atoms with Crippen molar-refractivity contribution in [2.75, 3.05) is 0 Å². The zero-order valence-electron chi connectivity index (χ0n) is 14.2. The minimum Gasteiger partial charge on any atom is -0.127 e. The number of unbranched alkanes of at least 4 members (excludes halogenated alkanes) is 9. The highest BCUT2D eigenvalue weighted by molar-refractivity contribution is 9.13. The van der Waals surface area contributed by atoms with Gasteiger partial charge in [-0.05, 0) is 56.3 Å². The van der Waals surface area contributed by atoms with Crippen LogP contribution in [-0.4, -0.2) is 0 Å². The lowest BCUT2D eigenvalue weighted by atomic mass is 10.0. The molecule has 0 aliphatic carbocycles. The summed E-state index contributed by atoms with van der Waals surface area (Å²) in [6, 6.07) is 6.91. The lowest BCUT2D eigenvalue weighted by Gasteiger charge is -2.03. The van der Waals surface area contributed by atoms with Crippen LogP contribution in [0.25, 0.3) is 10.1 Å². The summed E-state index contributed by atoms with van der Waals surface area (Å²) in [5, 5.41) is 1.33. The van der Waals surface area contributed by atoms with Crippen molar-refractivity contribution in [3.63, 3.8) is 0 Å². The maximum absolute atomic E-state index is 3.65. The molecule has 0 N–H and O–H groups in total. The van der Waals surface area contributed by atoms with Crippen molar-refractivity contribution in [1.29, 1.82) is 0 Å². The molecule has 0 unspecified atom stereocenters. The van der Waals surface area contributed by atoms with Crippen molar-refractivity contribution in [1.82, 2.24) is 0 Å². The average molecular weight is 460 g/mol. The minimum absolute atomic E-state index is 1.20. The van der Waals surface area contributed by atoms with E-state index < -0.39 is 0 Å². The van der Waals surface area contributed by atoms with Crippen LogP contribution in [0.5, 0.6) is 0 Å². The first kappa shape index (κ1) is 19.5. The summed E-state index contributed by atoms with van der Waals surface area (Å²) in [5.74, 6) is 0. The molecule has 0 radical (unpaired) electrons. The zero-order valence-corrected chi connectivity index (χ0v) is 18.2. The van der Waals surface area contributed by atoms with Gasteiger partial charge in [-0.2, -0.15) is 0 Å². The Morgan fingerprint density at radius 3 is 2.09 bits per heavy atom. The second-order valence-electron chi connectivity index (χ2n) is 6.45. The summed E-state index contributed by atoms with van der Waals surface area (Å²) in [4.78, 5) is 0. The molecule has 3 heteroatoms. The van der Waals surface area contributed by atoms with Gasteiger partial charge in [0.25, 0.3) is 0 Å². The van der Waals surface area contributed by atoms with Crippen molar-refractivity contribution >= 4 is 53.3 Å². The molecule has 2 rings (SSSR count). The van der Waals surface area contributed by atoms with E-state index in [1.165, 1.54) is 94.5 Å². The summed E-state index contributed by atoms with van der Waals surface area (Å²) >= 11 is 9.08. The van der Waals surface area contributed by atoms with E-state index in [1.807, 2.05) is 11.3 Å². The SMILES string of the molecule is CCCCCCCCCCCCc1ccc2c(Br)c(Br)sc2c1. The van der Waals surface area contributed by atoms with Crippen LogP contribution in [0.4, 0.5) is 0 Å². The fraction of sp³-hybridized carbons (Fsp3) is 0.600. The molecule has 1 aromatic carbocycles. The van der Waals surface area contributed by atoms with E-state index in [4.69, 9.17) is 0 Å². The first-order valence-corrected chi connectivity index (χ1v) is 11.5. The lowest BCUT2D eigenvalue weighted by Crippen LogP contribution is -1.86. The molecular formula is C20H28Br2S. The number of halogens is 2. The van der Waals surface area contributed by atoms with Crippen LogP contribution in [0.1, 0.15) is 76.7 Å². The van der Waals surface area contributed by atoms with E-state index in [9.17, 15) is 0 Å². The topological polar surface area (TPSA) is 0 Å². The van der Waals surface area contributed by atoms with Crippen LogP contribution in [0.2, 0.25) is 0 Å². The van der Waals surface area contributed by atoms with Crippen LogP contribution < -0.4 is 0 Å². The predicted molar refractivity (Wildman–Crippen MR) is 113 cm³/mol. The van der Waals surface area contributed by atoms with Gasteiger partial charge in [0, 0.05) is 10.1 Å². The number of hydrogen-bond donors (Lipinski definition) is 0. The molecule has 1 aromatic heterocycles. The molecule has 0 amide bonds. The van der Waals surface area contributed by atoms with Gasteiger partial charge in [-0.1, -0.05) is 76.8 Å². The van der Waals surface area contributed by atoms with Gasteiger partial charge >= 0.3 is 0 Å². The van der Waals surface area contributed by atoms with Crippen LogP contribution >= 0.6 is 43.2 Å². The van der Waals surface area contributed by atoms with Crippen molar-refractivity contribution in [3.8, 4) is 0 Å². The van der Waals surface area contributed by atoms with Crippen LogP contribution in [0.3, 0.4) is 0 Å². The number of thiophene rings is 1. The third-order valence-corrected chi connectivity index (χ3v) is 7.91. The molecular weight excluding hydrogens is 432 g/mol. The zero-order chi connectivity index (χ0) is 16.5. The summed E-state index contributed by atoms with van der Waals surface area (Å²) in [5.41, 5.74) is 1.48. The number of hydrogen-bond acceptors (Lipinski definition) is 1. The molecule has 0 fully saturated rings. The highest BCUT2D eigenvalue weighted by Gasteiger charge is 2.07. The molecule has 0 spiro atoms. The van der Waals surface area contributed by atoms with Crippen LogP contribution in [0, 0.1) is 0 Å². The van der Waals surface area contributed by atoms with Gasteiger partial charge in [0.2, 0.25) is 0 Å². The van der Waals surface area contributed by atoms with E-state index in [2.05, 4.69) is 57.0 Å².